The molecule has 3 heterocycles. The fourth-order valence-corrected chi connectivity index (χ4v) is 7.06. The fraction of sp³-hybridized carbons (Fsp3) is 0.632. The molecule has 1 atom stereocenters. The number of pyridine rings is 1. The van der Waals surface area contributed by atoms with Gasteiger partial charge in [0.15, 0.2) is 9.84 Å². The molecule has 1 spiro atoms. The molecule has 0 bridgehead atoms. The molecule has 1 aromatic rings. The third-order valence-corrected chi connectivity index (χ3v) is 9.28. The second-order valence-corrected chi connectivity index (χ2v) is 10.6. The van der Waals surface area contributed by atoms with E-state index in [0.717, 1.165) is 25.0 Å². The van der Waals surface area contributed by atoms with Gasteiger partial charge in [0, 0.05) is 43.9 Å². The van der Waals surface area contributed by atoms with Crippen molar-refractivity contribution in [1.82, 2.24) is 15.2 Å². The molecule has 3 aliphatic rings. The molecule has 3 fully saturated rings. The van der Waals surface area contributed by atoms with Crippen LogP contribution in [0.1, 0.15) is 38.3 Å². The number of hydrogen-bond donors (Lipinski definition) is 1. The summed E-state index contributed by atoms with van der Waals surface area (Å²) >= 11 is 0. The maximum Gasteiger partial charge on any atom is 0.224 e. The number of nitrogens with one attached hydrogen (secondary N) is 1. The van der Waals surface area contributed by atoms with Crippen LogP contribution in [0.2, 0.25) is 0 Å². The highest BCUT2D eigenvalue weighted by molar-refractivity contribution is 7.93. The normalized spacial score (nSPS) is 26.9. The van der Waals surface area contributed by atoms with E-state index < -0.39 is 20.5 Å². The quantitative estimate of drug-likeness (QED) is 0.813. The van der Waals surface area contributed by atoms with Gasteiger partial charge in [-0.05, 0) is 31.4 Å². The van der Waals surface area contributed by atoms with Crippen molar-refractivity contribution < 1.29 is 18.0 Å². The lowest BCUT2D eigenvalue weighted by atomic mass is 9.66. The van der Waals surface area contributed by atoms with Gasteiger partial charge in [0.1, 0.15) is 4.75 Å². The predicted molar refractivity (Wildman–Crippen MR) is 99.7 cm³/mol. The van der Waals surface area contributed by atoms with E-state index in [1.54, 1.807) is 6.20 Å². The molecular weight excluding hydrogens is 366 g/mol. The molecule has 27 heavy (non-hydrogen) atoms. The Kier molecular flexibility index (Phi) is 4.29. The van der Waals surface area contributed by atoms with Crippen molar-refractivity contribution in [3.05, 3.63) is 30.1 Å². The van der Waals surface area contributed by atoms with E-state index in [4.69, 9.17) is 0 Å². The first-order valence-electron chi connectivity index (χ1n) is 9.47. The average molecular weight is 391 g/mol. The van der Waals surface area contributed by atoms with Crippen molar-refractivity contribution in [2.24, 2.45) is 5.92 Å². The number of sulfone groups is 1. The number of rotatable bonds is 4. The first-order chi connectivity index (χ1) is 12.8. The van der Waals surface area contributed by atoms with Gasteiger partial charge in [-0.2, -0.15) is 0 Å². The van der Waals surface area contributed by atoms with Gasteiger partial charge in [0.2, 0.25) is 11.8 Å². The average Bonchev–Trinajstić information content (AvgIpc) is 2.84. The Morgan fingerprint density at radius 1 is 1.30 bits per heavy atom. The van der Waals surface area contributed by atoms with E-state index in [2.05, 4.69) is 10.3 Å². The highest BCUT2D eigenvalue weighted by Gasteiger charge is 2.64. The topological polar surface area (TPSA) is 96.4 Å². The van der Waals surface area contributed by atoms with E-state index in [1.807, 2.05) is 18.2 Å². The molecule has 1 saturated carbocycles. The SMILES string of the molecule is CC(=O)N1CC2(C1)C(C(=O)NCC1(c3ccccn3)CCC1)CCS2(=O)=O. The zero-order valence-corrected chi connectivity index (χ0v) is 16.3. The van der Waals surface area contributed by atoms with Gasteiger partial charge in [-0.1, -0.05) is 12.5 Å². The summed E-state index contributed by atoms with van der Waals surface area (Å²) in [4.78, 5) is 30.4. The monoisotopic (exact) mass is 391 g/mol. The van der Waals surface area contributed by atoms with Crippen molar-refractivity contribution in [3.8, 4) is 0 Å². The van der Waals surface area contributed by atoms with Gasteiger partial charge >= 0.3 is 0 Å². The molecule has 2 aliphatic heterocycles. The summed E-state index contributed by atoms with van der Waals surface area (Å²) in [7, 11) is -3.38. The standard InChI is InChI=1S/C19H25N3O4S/c1-14(23)22-12-19(13-22)15(6-10-27(19,25)26)17(24)21-11-18(7-4-8-18)16-5-2-3-9-20-16/h2-3,5,9,15H,4,6-8,10-13H2,1H3,(H,21,24). The van der Waals surface area contributed by atoms with Gasteiger partial charge < -0.3 is 10.2 Å². The molecule has 1 aliphatic carbocycles. The second kappa shape index (κ2) is 6.29. The van der Waals surface area contributed by atoms with Crippen molar-refractivity contribution in [3.63, 3.8) is 0 Å². The number of carbonyl (C=O) groups excluding carboxylic acids is 2. The first-order valence-corrected chi connectivity index (χ1v) is 11.1. The van der Waals surface area contributed by atoms with Crippen LogP contribution in [0, 0.1) is 5.92 Å². The van der Waals surface area contributed by atoms with Gasteiger partial charge in [-0.25, -0.2) is 8.42 Å². The van der Waals surface area contributed by atoms with Crippen LogP contribution in [0.15, 0.2) is 24.4 Å². The van der Waals surface area contributed by atoms with Gasteiger partial charge in [-0.15, -0.1) is 0 Å². The molecule has 4 rings (SSSR count). The summed E-state index contributed by atoms with van der Waals surface area (Å²) in [5.41, 5.74) is 0.837. The van der Waals surface area contributed by atoms with Crippen molar-refractivity contribution in [2.45, 2.75) is 42.8 Å². The van der Waals surface area contributed by atoms with Crippen molar-refractivity contribution >= 4 is 21.7 Å². The molecule has 0 radical (unpaired) electrons. The van der Waals surface area contributed by atoms with Gasteiger partial charge in [0.25, 0.3) is 0 Å². The molecule has 1 unspecified atom stereocenters. The summed E-state index contributed by atoms with van der Waals surface area (Å²) in [6.45, 7) is 2.17. The maximum absolute atomic E-state index is 12.9. The summed E-state index contributed by atoms with van der Waals surface area (Å²) < 4.78 is 24.1. The van der Waals surface area contributed by atoms with E-state index >= 15 is 0 Å². The highest BCUT2D eigenvalue weighted by Crippen LogP contribution is 2.46. The number of carbonyl (C=O) groups is 2. The number of likely N-dealkylation sites (tertiary alicyclic amines) is 1. The minimum atomic E-state index is -3.38. The number of aromatic nitrogens is 1. The van der Waals surface area contributed by atoms with Crippen LogP contribution in [0.4, 0.5) is 0 Å². The van der Waals surface area contributed by atoms with Crippen LogP contribution in [-0.4, -0.2) is 60.3 Å². The van der Waals surface area contributed by atoms with E-state index in [1.165, 1.54) is 11.8 Å². The number of hydrogen-bond acceptors (Lipinski definition) is 5. The Bertz CT molecular complexity index is 858. The Hall–Kier alpha value is -1.96. The molecule has 8 heteroatoms. The molecule has 2 amide bonds. The van der Waals surface area contributed by atoms with Crippen molar-refractivity contribution in [2.75, 3.05) is 25.4 Å². The van der Waals surface area contributed by atoms with Crippen LogP contribution < -0.4 is 5.32 Å². The lowest BCUT2D eigenvalue weighted by Gasteiger charge is -2.49. The Balaban J connectivity index is 1.48. The van der Waals surface area contributed by atoms with Gasteiger partial charge in [0.05, 0.1) is 11.7 Å². The molecule has 1 aromatic heterocycles. The second-order valence-electron chi connectivity index (χ2n) is 8.17. The molecule has 2 saturated heterocycles. The van der Waals surface area contributed by atoms with E-state index in [9.17, 15) is 18.0 Å². The smallest absolute Gasteiger partial charge is 0.224 e. The molecule has 146 valence electrons. The largest absolute Gasteiger partial charge is 0.355 e. The summed E-state index contributed by atoms with van der Waals surface area (Å²) in [6.07, 6.45) is 5.13. The Morgan fingerprint density at radius 3 is 2.59 bits per heavy atom. The summed E-state index contributed by atoms with van der Waals surface area (Å²) in [5.74, 6) is -0.923. The van der Waals surface area contributed by atoms with E-state index in [-0.39, 0.29) is 36.1 Å². The number of nitrogens with zero attached hydrogens (tertiary/aromatic N) is 2. The summed E-state index contributed by atoms with van der Waals surface area (Å²) in [6, 6.07) is 5.82. The fourth-order valence-electron chi connectivity index (χ4n) is 4.75. The zero-order chi connectivity index (χ0) is 19.3. The Labute approximate surface area is 159 Å². The molecule has 7 nitrogen and oxygen atoms in total. The predicted octanol–water partition coefficient (Wildman–Crippen LogP) is 0.655. The van der Waals surface area contributed by atoms with Crippen molar-refractivity contribution in [1.29, 1.82) is 0 Å². The maximum atomic E-state index is 12.9. The lowest BCUT2D eigenvalue weighted by molar-refractivity contribution is -0.138. The third kappa shape index (κ3) is 2.76. The van der Waals surface area contributed by atoms with Crippen LogP contribution in [0.5, 0.6) is 0 Å². The molecule has 1 N–H and O–H groups in total. The lowest BCUT2D eigenvalue weighted by Crippen LogP contribution is -2.69. The van der Waals surface area contributed by atoms with Crippen LogP contribution >= 0.6 is 0 Å². The Morgan fingerprint density at radius 2 is 2.04 bits per heavy atom. The highest BCUT2D eigenvalue weighted by atomic mass is 32.2. The summed E-state index contributed by atoms with van der Waals surface area (Å²) in [5, 5.41) is 3.02. The first kappa shape index (κ1) is 18.4. The zero-order valence-electron chi connectivity index (χ0n) is 15.5. The molecular formula is C19H25N3O4S. The number of amides is 2. The van der Waals surface area contributed by atoms with Gasteiger partial charge in [-0.3, -0.25) is 14.6 Å². The van der Waals surface area contributed by atoms with Crippen LogP contribution in [-0.2, 0) is 24.8 Å². The third-order valence-electron chi connectivity index (χ3n) is 6.73. The van der Waals surface area contributed by atoms with Crippen LogP contribution in [0.3, 0.4) is 0 Å². The molecule has 0 aromatic carbocycles. The minimum absolute atomic E-state index is 0.0161. The minimum Gasteiger partial charge on any atom is -0.355 e. The van der Waals surface area contributed by atoms with Crippen LogP contribution in [0.25, 0.3) is 0 Å². The van der Waals surface area contributed by atoms with E-state index in [0.29, 0.717) is 13.0 Å².